The predicted molar refractivity (Wildman–Crippen MR) is 47.9 cm³/mol. The molecule has 0 aliphatic carbocycles. The van der Waals surface area contributed by atoms with Crippen LogP contribution in [0.5, 0.6) is 0 Å². The van der Waals surface area contributed by atoms with Crippen LogP contribution >= 0.6 is 11.6 Å². The minimum atomic E-state index is -0.402. The highest BCUT2D eigenvalue weighted by atomic mass is 35.5. The number of hydrogen-bond donors (Lipinski definition) is 0. The Balaban J connectivity index is 2.92. The van der Waals surface area contributed by atoms with Crippen LogP contribution in [0.4, 0.5) is 4.39 Å². The summed E-state index contributed by atoms with van der Waals surface area (Å²) in [7, 11) is 0. The summed E-state index contributed by atoms with van der Waals surface area (Å²) in [4.78, 5) is 0. The minimum absolute atomic E-state index is 0.369. The highest BCUT2D eigenvalue weighted by molar-refractivity contribution is 6.35. The Morgan fingerprint density at radius 1 is 1.31 bits per heavy atom. The molecule has 2 nitrogen and oxygen atoms in total. The number of benzene rings is 1. The summed E-state index contributed by atoms with van der Waals surface area (Å²) in [5.41, 5.74) is 0.369. The molecule has 4 heteroatoms. The predicted octanol–water partition coefficient (Wildman–Crippen LogP) is 2.27. The van der Waals surface area contributed by atoms with Gasteiger partial charge in [0.25, 0.3) is 0 Å². The average Bonchev–Trinajstić information content (AvgIpc) is 2.12. The van der Waals surface area contributed by atoms with Gasteiger partial charge < -0.3 is 5.21 Å². The highest BCUT2D eigenvalue weighted by Gasteiger charge is 2.07. The van der Waals surface area contributed by atoms with Gasteiger partial charge in [0.1, 0.15) is 5.82 Å². The van der Waals surface area contributed by atoms with Crippen LogP contribution in [0.25, 0.3) is 10.9 Å². The molecule has 2 aromatic rings. The van der Waals surface area contributed by atoms with Crippen molar-refractivity contribution >= 4 is 22.5 Å². The summed E-state index contributed by atoms with van der Waals surface area (Å²) in [6, 6.07) is 5.32. The zero-order valence-corrected chi connectivity index (χ0v) is 7.25. The number of pyridine rings is 1. The molecule has 0 spiro atoms. The van der Waals surface area contributed by atoms with Crippen molar-refractivity contribution in [3.05, 3.63) is 46.5 Å². The fourth-order valence-electron chi connectivity index (χ4n) is 1.19. The lowest BCUT2D eigenvalue weighted by atomic mass is 10.2. The second-order valence-electron chi connectivity index (χ2n) is 2.65. The molecule has 0 atom stereocenters. The Hall–Kier alpha value is -1.35. The van der Waals surface area contributed by atoms with Crippen LogP contribution in [-0.4, -0.2) is 0 Å². The van der Waals surface area contributed by atoms with E-state index < -0.39 is 5.82 Å². The number of aromatic nitrogens is 1. The third-order valence-corrected chi connectivity index (χ3v) is 2.14. The van der Waals surface area contributed by atoms with Crippen molar-refractivity contribution < 1.29 is 9.12 Å². The van der Waals surface area contributed by atoms with Crippen LogP contribution in [0, 0.1) is 11.0 Å². The molecule has 1 aromatic carbocycles. The third-order valence-electron chi connectivity index (χ3n) is 1.81. The molecule has 0 bridgehead atoms. The Bertz CT molecular complexity index is 472. The summed E-state index contributed by atoms with van der Waals surface area (Å²) < 4.78 is 13.4. The van der Waals surface area contributed by atoms with Crippen molar-refractivity contribution in [3.8, 4) is 0 Å². The van der Waals surface area contributed by atoms with Crippen LogP contribution in [0.2, 0.25) is 5.02 Å². The fraction of sp³-hybridized carbons (Fsp3) is 0. The van der Waals surface area contributed by atoms with E-state index in [0.29, 0.717) is 20.7 Å². The summed E-state index contributed by atoms with van der Waals surface area (Å²) in [6.45, 7) is 0. The Kier molecular flexibility index (Phi) is 1.81. The quantitative estimate of drug-likeness (QED) is 0.470. The SMILES string of the molecule is [O-][n+]1ccc(Cl)c2cc(F)ccc21. The molecular formula is C9H5ClFNO. The summed E-state index contributed by atoms with van der Waals surface area (Å²) in [6.07, 6.45) is 1.29. The van der Waals surface area contributed by atoms with E-state index in [1.807, 2.05) is 0 Å². The molecule has 0 amide bonds. The van der Waals surface area contributed by atoms with Gasteiger partial charge in [-0.3, -0.25) is 0 Å². The van der Waals surface area contributed by atoms with E-state index in [2.05, 4.69) is 0 Å². The van der Waals surface area contributed by atoms with Gasteiger partial charge in [0.15, 0.2) is 6.20 Å². The van der Waals surface area contributed by atoms with Crippen LogP contribution < -0.4 is 4.73 Å². The Morgan fingerprint density at radius 2 is 2.08 bits per heavy atom. The number of fused-ring (bicyclic) bond motifs is 1. The maximum absolute atomic E-state index is 12.8. The normalized spacial score (nSPS) is 10.6. The molecule has 0 saturated carbocycles. The van der Waals surface area contributed by atoms with Gasteiger partial charge in [-0.25, -0.2) is 4.39 Å². The first kappa shape index (κ1) is 8.26. The Morgan fingerprint density at radius 3 is 2.85 bits per heavy atom. The maximum Gasteiger partial charge on any atom is 0.225 e. The molecule has 1 heterocycles. The van der Waals surface area contributed by atoms with Gasteiger partial charge in [0, 0.05) is 12.1 Å². The topological polar surface area (TPSA) is 26.9 Å². The molecule has 13 heavy (non-hydrogen) atoms. The lowest BCUT2D eigenvalue weighted by Crippen LogP contribution is -2.25. The van der Waals surface area contributed by atoms with Crippen LogP contribution in [0.15, 0.2) is 30.5 Å². The van der Waals surface area contributed by atoms with Gasteiger partial charge in [-0.1, -0.05) is 11.6 Å². The second-order valence-corrected chi connectivity index (χ2v) is 3.06. The van der Waals surface area contributed by atoms with E-state index in [1.54, 1.807) is 0 Å². The van der Waals surface area contributed by atoms with Crippen molar-refractivity contribution in [1.82, 2.24) is 0 Å². The van der Waals surface area contributed by atoms with Gasteiger partial charge in [-0.2, -0.15) is 4.73 Å². The molecule has 2 rings (SSSR count). The van der Waals surface area contributed by atoms with Gasteiger partial charge >= 0.3 is 0 Å². The number of hydrogen-bond acceptors (Lipinski definition) is 1. The number of nitrogens with zero attached hydrogens (tertiary/aromatic N) is 1. The monoisotopic (exact) mass is 197 g/mol. The molecule has 0 unspecified atom stereocenters. The molecule has 66 valence electrons. The third kappa shape index (κ3) is 1.31. The van der Waals surface area contributed by atoms with Crippen molar-refractivity contribution in [2.75, 3.05) is 0 Å². The van der Waals surface area contributed by atoms with E-state index in [9.17, 15) is 9.60 Å². The van der Waals surface area contributed by atoms with Crippen LogP contribution in [-0.2, 0) is 0 Å². The standard InChI is InChI=1S/C9H5ClFNO/c10-8-3-4-12(13)9-2-1-6(11)5-7(8)9/h1-5H. The zero-order valence-electron chi connectivity index (χ0n) is 6.50. The van der Waals surface area contributed by atoms with Crippen molar-refractivity contribution in [2.24, 2.45) is 0 Å². The molecule has 0 radical (unpaired) electrons. The molecular weight excluding hydrogens is 193 g/mol. The van der Waals surface area contributed by atoms with Gasteiger partial charge in [0.05, 0.1) is 10.4 Å². The second kappa shape index (κ2) is 2.85. The average molecular weight is 198 g/mol. The Labute approximate surface area is 78.8 Å². The van der Waals surface area contributed by atoms with Gasteiger partial charge in [-0.15, -0.1) is 0 Å². The van der Waals surface area contributed by atoms with E-state index in [1.165, 1.54) is 30.5 Å². The van der Waals surface area contributed by atoms with E-state index in [4.69, 9.17) is 11.6 Å². The van der Waals surface area contributed by atoms with Crippen molar-refractivity contribution in [1.29, 1.82) is 0 Å². The van der Waals surface area contributed by atoms with Crippen molar-refractivity contribution in [3.63, 3.8) is 0 Å². The molecule has 0 saturated heterocycles. The molecule has 1 aromatic heterocycles. The minimum Gasteiger partial charge on any atom is -0.618 e. The van der Waals surface area contributed by atoms with E-state index >= 15 is 0 Å². The fourth-order valence-corrected chi connectivity index (χ4v) is 1.40. The summed E-state index contributed by atoms with van der Waals surface area (Å²) in [5, 5.41) is 12.0. The lowest BCUT2D eigenvalue weighted by Gasteiger charge is -2.01. The van der Waals surface area contributed by atoms with Gasteiger partial charge in [-0.05, 0) is 12.1 Å². The molecule has 0 aliphatic heterocycles. The number of rotatable bonds is 0. The van der Waals surface area contributed by atoms with E-state index in [-0.39, 0.29) is 0 Å². The largest absolute Gasteiger partial charge is 0.618 e. The molecule has 0 aliphatic rings. The van der Waals surface area contributed by atoms with Gasteiger partial charge in [0.2, 0.25) is 5.52 Å². The summed E-state index contributed by atoms with van der Waals surface area (Å²) >= 11 is 5.78. The smallest absolute Gasteiger partial charge is 0.225 e. The highest BCUT2D eigenvalue weighted by Crippen LogP contribution is 2.20. The lowest BCUT2D eigenvalue weighted by molar-refractivity contribution is -0.577. The first-order valence-corrected chi connectivity index (χ1v) is 4.03. The first-order valence-electron chi connectivity index (χ1n) is 3.65. The molecule has 0 fully saturated rings. The zero-order chi connectivity index (χ0) is 9.42. The summed E-state index contributed by atoms with van der Waals surface area (Å²) in [5.74, 6) is -0.402. The first-order chi connectivity index (χ1) is 6.18. The van der Waals surface area contributed by atoms with Crippen LogP contribution in [0.1, 0.15) is 0 Å². The number of halogens is 2. The van der Waals surface area contributed by atoms with Crippen LogP contribution in [0.3, 0.4) is 0 Å². The maximum atomic E-state index is 12.8. The molecule has 0 N–H and O–H groups in total. The van der Waals surface area contributed by atoms with Crippen molar-refractivity contribution in [2.45, 2.75) is 0 Å². The van der Waals surface area contributed by atoms with E-state index in [0.717, 1.165) is 0 Å².